The Morgan fingerprint density at radius 2 is 1.82 bits per heavy atom. The minimum atomic E-state index is 0.456. The molecule has 0 bridgehead atoms. The molecular weight excluding hydrogens is 210 g/mol. The Hall–Kier alpha value is -1.57. The number of benzene rings is 1. The quantitative estimate of drug-likeness (QED) is 0.629. The van der Waals surface area contributed by atoms with Crippen LogP contribution in [0, 0.1) is 5.92 Å². The molecule has 2 rings (SSSR count). The zero-order valence-corrected chi connectivity index (χ0v) is 10.1. The number of carbonyl (C=O) groups excluding carboxylic acids is 1. The van der Waals surface area contributed by atoms with Gasteiger partial charge in [0, 0.05) is 17.5 Å². The second kappa shape index (κ2) is 6.24. The van der Waals surface area contributed by atoms with E-state index in [2.05, 4.69) is 5.32 Å². The third kappa shape index (κ3) is 3.45. The van der Waals surface area contributed by atoms with E-state index in [1.807, 2.05) is 36.5 Å². The van der Waals surface area contributed by atoms with Crippen molar-refractivity contribution in [2.75, 3.05) is 5.32 Å². The predicted molar refractivity (Wildman–Crippen MR) is 70.8 cm³/mol. The first-order valence-electron chi connectivity index (χ1n) is 6.37. The van der Waals surface area contributed by atoms with Gasteiger partial charge in [-0.1, -0.05) is 37.5 Å². The van der Waals surface area contributed by atoms with E-state index < -0.39 is 0 Å². The van der Waals surface area contributed by atoms with Crippen molar-refractivity contribution < 1.29 is 4.79 Å². The largest absolute Gasteiger partial charge is 0.361 e. The highest BCUT2D eigenvalue weighted by Gasteiger charge is 2.17. The molecule has 0 amide bonds. The Balaban J connectivity index is 1.99. The van der Waals surface area contributed by atoms with Crippen LogP contribution in [0.3, 0.4) is 0 Å². The van der Waals surface area contributed by atoms with Crippen molar-refractivity contribution in [2.45, 2.75) is 32.1 Å². The number of nitrogens with one attached hydrogen (secondary N) is 1. The van der Waals surface area contributed by atoms with E-state index in [1.165, 1.54) is 19.3 Å². The van der Waals surface area contributed by atoms with Crippen molar-refractivity contribution in [3.05, 3.63) is 42.1 Å². The Labute approximate surface area is 103 Å². The number of carbonyl (C=O) groups is 1. The van der Waals surface area contributed by atoms with Gasteiger partial charge in [-0.3, -0.25) is 4.79 Å². The van der Waals surface area contributed by atoms with Crippen LogP contribution in [0.2, 0.25) is 0 Å². The number of anilines is 1. The average Bonchev–Trinajstić information content (AvgIpc) is 2.42. The second-order valence-electron chi connectivity index (χ2n) is 4.61. The monoisotopic (exact) mass is 229 g/mol. The highest BCUT2D eigenvalue weighted by atomic mass is 16.1. The minimum Gasteiger partial charge on any atom is -0.361 e. The lowest BCUT2D eigenvalue weighted by atomic mass is 9.84. The number of aldehydes is 1. The van der Waals surface area contributed by atoms with E-state index in [9.17, 15) is 4.79 Å². The van der Waals surface area contributed by atoms with Crippen LogP contribution in [-0.2, 0) is 4.79 Å². The fraction of sp³-hybridized carbons (Fsp3) is 0.400. The molecule has 1 aromatic rings. The first kappa shape index (κ1) is 11.9. The van der Waals surface area contributed by atoms with Crippen molar-refractivity contribution >= 4 is 12.0 Å². The number of hydrogen-bond acceptors (Lipinski definition) is 2. The third-order valence-electron chi connectivity index (χ3n) is 3.39. The van der Waals surface area contributed by atoms with Gasteiger partial charge >= 0.3 is 0 Å². The Bertz CT molecular complexity index is 377. The van der Waals surface area contributed by atoms with Gasteiger partial charge in [0.05, 0.1) is 0 Å². The molecule has 0 aromatic heterocycles. The molecule has 2 nitrogen and oxygen atoms in total. The van der Waals surface area contributed by atoms with Gasteiger partial charge in [0.25, 0.3) is 0 Å². The smallest absolute Gasteiger partial charge is 0.147 e. The lowest BCUT2D eigenvalue weighted by Gasteiger charge is -2.21. The van der Waals surface area contributed by atoms with Gasteiger partial charge in [-0.15, -0.1) is 0 Å². The summed E-state index contributed by atoms with van der Waals surface area (Å²) in [4.78, 5) is 11.1. The molecule has 1 aromatic carbocycles. The molecule has 17 heavy (non-hydrogen) atoms. The fourth-order valence-electron chi connectivity index (χ4n) is 2.39. The molecule has 1 aliphatic carbocycles. The number of hydrogen-bond donors (Lipinski definition) is 1. The van der Waals surface area contributed by atoms with Gasteiger partial charge in [0.15, 0.2) is 0 Å². The van der Waals surface area contributed by atoms with Gasteiger partial charge < -0.3 is 5.32 Å². The van der Waals surface area contributed by atoms with Crippen molar-refractivity contribution in [2.24, 2.45) is 5.92 Å². The molecule has 1 N–H and O–H groups in total. The van der Waals surface area contributed by atoms with Crippen molar-refractivity contribution in [1.29, 1.82) is 0 Å². The van der Waals surface area contributed by atoms with Gasteiger partial charge in [-0.05, 0) is 30.9 Å². The predicted octanol–water partition coefficient (Wildman–Crippen LogP) is 3.76. The van der Waals surface area contributed by atoms with Crippen molar-refractivity contribution in [1.82, 2.24) is 0 Å². The van der Waals surface area contributed by atoms with Gasteiger partial charge in [-0.2, -0.15) is 0 Å². The maximum atomic E-state index is 11.1. The zero-order valence-electron chi connectivity index (χ0n) is 10.1. The van der Waals surface area contributed by atoms with E-state index in [4.69, 9.17) is 0 Å². The molecule has 0 atom stereocenters. The van der Waals surface area contributed by atoms with Crippen LogP contribution in [0.15, 0.2) is 42.1 Å². The standard InChI is InChI=1S/C15H19NO/c17-12-14(13-7-3-1-4-8-13)11-16-15-9-5-2-6-10-15/h2,5-6,9-13,16H,1,3-4,7-8H2/b14-11-. The fourth-order valence-corrected chi connectivity index (χ4v) is 2.39. The Morgan fingerprint density at radius 3 is 2.47 bits per heavy atom. The molecular formula is C15H19NO. The van der Waals surface area contributed by atoms with Crippen molar-refractivity contribution in [3.63, 3.8) is 0 Å². The number of para-hydroxylation sites is 1. The molecule has 1 fully saturated rings. The van der Waals surface area contributed by atoms with E-state index in [1.54, 1.807) is 0 Å². The van der Waals surface area contributed by atoms with E-state index in [0.717, 1.165) is 30.4 Å². The molecule has 1 aliphatic rings. The van der Waals surface area contributed by atoms with Crippen LogP contribution in [0.1, 0.15) is 32.1 Å². The molecule has 0 spiro atoms. The Morgan fingerprint density at radius 1 is 1.12 bits per heavy atom. The molecule has 90 valence electrons. The van der Waals surface area contributed by atoms with E-state index in [0.29, 0.717) is 5.92 Å². The summed E-state index contributed by atoms with van der Waals surface area (Å²) in [6, 6.07) is 9.95. The minimum absolute atomic E-state index is 0.456. The molecule has 1 saturated carbocycles. The summed E-state index contributed by atoms with van der Waals surface area (Å²) in [7, 11) is 0. The number of allylic oxidation sites excluding steroid dienone is 1. The second-order valence-corrected chi connectivity index (χ2v) is 4.61. The van der Waals surface area contributed by atoms with E-state index >= 15 is 0 Å². The first-order chi connectivity index (χ1) is 8.40. The molecule has 0 radical (unpaired) electrons. The summed E-state index contributed by atoms with van der Waals surface area (Å²) in [5.74, 6) is 0.456. The van der Waals surface area contributed by atoms with Crippen LogP contribution < -0.4 is 5.32 Å². The summed E-state index contributed by atoms with van der Waals surface area (Å²) in [6.45, 7) is 0. The van der Waals surface area contributed by atoms with Crippen LogP contribution in [0.5, 0.6) is 0 Å². The Kier molecular flexibility index (Phi) is 4.37. The van der Waals surface area contributed by atoms with Crippen LogP contribution in [0.25, 0.3) is 0 Å². The van der Waals surface area contributed by atoms with Gasteiger partial charge in [-0.25, -0.2) is 0 Å². The van der Waals surface area contributed by atoms with Gasteiger partial charge in [0.1, 0.15) is 6.29 Å². The lowest BCUT2D eigenvalue weighted by molar-refractivity contribution is -0.105. The zero-order chi connectivity index (χ0) is 11.9. The highest BCUT2D eigenvalue weighted by molar-refractivity contribution is 5.74. The summed E-state index contributed by atoms with van der Waals surface area (Å²) < 4.78 is 0. The third-order valence-corrected chi connectivity index (χ3v) is 3.39. The normalized spacial score (nSPS) is 17.8. The average molecular weight is 229 g/mol. The first-order valence-corrected chi connectivity index (χ1v) is 6.37. The summed E-state index contributed by atoms with van der Waals surface area (Å²) >= 11 is 0. The summed E-state index contributed by atoms with van der Waals surface area (Å²) in [6.07, 6.45) is 9.00. The molecule has 0 saturated heterocycles. The topological polar surface area (TPSA) is 29.1 Å². The molecule has 0 unspecified atom stereocenters. The summed E-state index contributed by atoms with van der Waals surface area (Å²) in [5, 5.41) is 3.20. The molecule has 0 aliphatic heterocycles. The van der Waals surface area contributed by atoms with Crippen LogP contribution in [0.4, 0.5) is 5.69 Å². The van der Waals surface area contributed by atoms with Gasteiger partial charge in [0.2, 0.25) is 0 Å². The SMILES string of the molecule is O=C/C(=C/Nc1ccccc1)C1CCCCC1. The highest BCUT2D eigenvalue weighted by Crippen LogP contribution is 2.28. The maximum Gasteiger partial charge on any atom is 0.147 e. The number of rotatable bonds is 4. The van der Waals surface area contributed by atoms with Crippen molar-refractivity contribution in [3.8, 4) is 0 Å². The molecule has 0 heterocycles. The molecule has 2 heteroatoms. The van der Waals surface area contributed by atoms with E-state index in [-0.39, 0.29) is 0 Å². The van der Waals surface area contributed by atoms with Crippen LogP contribution >= 0.6 is 0 Å². The van der Waals surface area contributed by atoms with Crippen LogP contribution in [-0.4, -0.2) is 6.29 Å². The maximum absolute atomic E-state index is 11.1. The summed E-state index contributed by atoms with van der Waals surface area (Å²) in [5.41, 5.74) is 1.94. The lowest BCUT2D eigenvalue weighted by Crippen LogP contribution is -2.11.